The highest BCUT2D eigenvalue weighted by molar-refractivity contribution is 7.98. The second-order valence-corrected chi connectivity index (χ2v) is 8.53. The van der Waals surface area contributed by atoms with Crippen LogP contribution in [0.1, 0.15) is 34.5 Å². The van der Waals surface area contributed by atoms with Gasteiger partial charge < -0.3 is 19.7 Å². The minimum absolute atomic E-state index is 0.0567. The van der Waals surface area contributed by atoms with Crippen LogP contribution in [-0.2, 0) is 15.2 Å². The van der Waals surface area contributed by atoms with E-state index in [1.165, 1.54) is 0 Å². The van der Waals surface area contributed by atoms with Crippen LogP contribution in [0.3, 0.4) is 0 Å². The smallest absolute Gasteiger partial charge is 0.251 e. The van der Waals surface area contributed by atoms with E-state index >= 15 is 0 Å². The highest BCUT2D eigenvalue weighted by Gasteiger charge is 2.17. The van der Waals surface area contributed by atoms with Gasteiger partial charge in [0.1, 0.15) is 5.82 Å². The number of hydrogen-bond acceptors (Lipinski definition) is 7. The van der Waals surface area contributed by atoms with Crippen molar-refractivity contribution in [3.8, 4) is 0 Å². The van der Waals surface area contributed by atoms with Crippen LogP contribution in [0.5, 0.6) is 0 Å². The number of aryl methyl sites for hydroxylation is 1. The minimum Gasteiger partial charge on any atom is -0.378 e. The van der Waals surface area contributed by atoms with E-state index in [4.69, 9.17) is 14.5 Å². The predicted octanol–water partition coefficient (Wildman–Crippen LogP) is 2.82. The molecule has 2 aliphatic heterocycles. The first-order valence-corrected chi connectivity index (χ1v) is 11.5. The number of nitrogens with one attached hydrogen (secondary N) is 1. The van der Waals surface area contributed by atoms with Crippen molar-refractivity contribution in [2.45, 2.75) is 36.8 Å². The maximum atomic E-state index is 12.5. The van der Waals surface area contributed by atoms with Crippen LogP contribution in [0.25, 0.3) is 0 Å². The summed E-state index contributed by atoms with van der Waals surface area (Å²) in [5, 5.41) is 3.74. The summed E-state index contributed by atoms with van der Waals surface area (Å²) in [5.41, 5.74) is 2.70. The van der Waals surface area contributed by atoms with Crippen LogP contribution < -0.4 is 10.2 Å². The van der Waals surface area contributed by atoms with Gasteiger partial charge in [0.2, 0.25) is 0 Å². The van der Waals surface area contributed by atoms with E-state index in [0.29, 0.717) is 17.9 Å². The highest BCUT2D eigenvalue weighted by Crippen LogP contribution is 2.24. The van der Waals surface area contributed by atoms with Gasteiger partial charge >= 0.3 is 0 Å². The van der Waals surface area contributed by atoms with E-state index in [0.717, 1.165) is 68.0 Å². The van der Waals surface area contributed by atoms with E-state index in [9.17, 15) is 4.79 Å². The predicted molar refractivity (Wildman–Crippen MR) is 117 cm³/mol. The Balaban J connectivity index is 1.36. The number of carbonyl (C=O) groups is 1. The number of thioether (sulfide) groups is 1. The van der Waals surface area contributed by atoms with Gasteiger partial charge in [-0.1, -0.05) is 23.9 Å². The molecule has 8 heteroatoms. The van der Waals surface area contributed by atoms with E-state index in [1.807, 2.05) is 37.3 Å². The number of rotatable bonds is 7. The molecule has 0 radical (unpaired) electrons. The Bertz CT molecular complexity index is 867. The lowest BCUT2D eigenvalue weighted by Gasteiger charge is -2.28. The Labute approximate surface area is 181 Å². The van der Waals surface area contributed by atoms with Crippen LogP contribution in [0, 0.1) is 6.92 Å². The summed E-state index contributed by atoms with van der Waals surface area (Å²) < 4.78 is 11.0. The molecule has 1 aromatic carbocycles. The highest BCUT2D eigenvalue weighted by atomic mass is 32.2. The number of anilines is 1. The van der Waals surface area contributed by atoms with Crippen molar-refractivity contribution in [3.05, 3.63) is 47.2 Å². The van der Waals surface area contributed by atoms with E-state index < -0.39 is 0 Å². The molecule has 1 amide bonds. The summed E-state index contributed by atoms with van der Waals surface area (Å²) in [6.45, 7) is 6.52. The first-order valence-electron chi connectivity index (χ1n) is 10.5. The molecule has 2 aromatic rings. The number of ether oxygens (including phenoxy) is 2. The van der Waals surface area contributed by atoms with Gasteiger partial charge in [-0.3, -0.25) is 4.79 Å². The third-order valence-corrected chi connectivity index (χ3v) is 6.15. The number of aromatic nitrogens is 2. The fourth-order valence-electron chi connectivity index (χ4n) is 3.61. The molecule has 30 heavy (non-hydrogen) atoms. The number of hydrogen-bond donors (Lipinski definition) is 1. The number of benzene rings is 1. The van der Waals surface area contributed by atoms with Gasteiger partial charge in [-0.2, -0.15) is 0 Å². The monoisotopic (exact) mass is 428 g/mol. The summed E-state index contributed by atoms with van der Waals surface area (Å²) in [5.74, 6) is 1.60. The molecule has 2 fully saturated rings. The first-order chi connectivity index (χ1) is 14.7. The Hall–Kier alpha value is -2.16. The fraction of sp³-hybridized carbons (Fsp3) is 0.500. The zero-order valence-corrected chi connectivity index (χ0v) is 18.1. The van der Waals surface area contributed by atoms with Crippen molar-refractivity contribution in [3.63, 3.8) is 0 Å². The van der Waals surface area contributed by atoms with Crippen molar-refractivity contribution < 1.29 is 14.3 Å². The summed E-state index contributed by atoms with van der Waals surface area (Å²) in [6, 6.07) is 9.76. The minimum atomic E-state index is -0.0567. The molecule has 7 nitrogen and oxygen atoms in total. The van der Waals surface area contributed by atoms with Crippen LogP contribution in [0.15, 0.2) is 35.5 Å². The fourth-order valence-corrected chi connectivity index (χ4v) is 4.45. The molecule has 2 aliphatic rings. The van der Waals surface area contributed by atoms with Crippen molar-refractivity contribution >= 4 is 23.5 Å². The SMILES string of the molecule is Cc1cc(N2CCOCC2)nc(SCc2cccc(C(=O)NC[C@@H]3CCCO3)c2)n1. The summed E-state index contributed by atoms with van der Waals surface area (Å²) >= 11 is 1.59. The number of nitrogens with zero attached hydrogens (tertiary/aromatic N) is 3. The molecule has 0 spiro atoms. The van der Waals surface area contributed by atoms with Crippen LogP contribution in [-0.4, -0.2) is 61.4 Å². The Morgan fingerprint density at radius 1 is 1.23 bits per heavy atom. The van der Waals surface area contributed by atoms with Crippen LogP contribution in [0.2, 0.25) is 0 Å². The summed E-state index contributed by atoms with van der Waals surface area (Å²) in [7, 11) is 0. The van der Waals surface area contributed by atoms with Gasteiger partial charge in [-0.05, 0) is 37.5 Å². The molecule has 0 bridgehead atoms. The molecule has 3 heterocycles. The molecule has 0 unspecified atom stereocenters. The molecule has 160 valence electrons. The van der Waals surface area contributed by atoms with E-state index in [-0.39, 0.29) is 12.0 Å². The average molecular weight is 429 g/mol. The normalized spacial score (nSPS) is 19.1. The third-order valence-electron chi connectivity index (χ3n) is 5.23. The number of morpholine rings is 1. The molecule has 0 saturated carbocycles. The van der Waals surface area contributed by atoms with Crippen LogP contribution >= 0.6 is 11.8 Å². The lowest BCUT2D eigenvalue weighted by atomic mass is 10.1. The maximum Gasteiger partial charge on any atom is 0.251 e. The van der Waals surface area contributed by atoms with Gasteiger partial charge in [0, 0.05) is 49.3 Å². The van der Waals surface area contributed by atoms with Crippen LogP contribution in [0.4, 0.5) is 5.82 Å². The van der Waals surface area contributed by atoms with Gasteiger partial charge in [-0.15, -0.1) is 0 Å². The van der Waals surface area contributed by atoms with Crippen molar-refractivity contribution in [2.24, 2.45) is 0 Å². The Kier molecular flexibility index (Phi) is 7.20. The van der Waals surface area contributed by atoms with Crippen molar-refractivity contribution in [1.29, 1.82) is 0 Å². The molecule has 1 aromatic heterocycles. The molecule has 0 aliphatic carbocycles. The molecular formula is C22H28N4O3S. The number of carbonyl (C=O) groups excluding carboxylic acids is 1. The van der Waals surface area contributed by atoms with Crippen molar-refractivity contribution in [2.75, 3.05) is 44.4 Å². The van der Waals surface area contributed by atoms with Crippen molar-refractivity contribution in [1.82, 2.24) is 15.3 Å². The maximum absolute atomic E-state index is 12.5. The molecular weight excluding hydrogens is 400 g/mol. The summed E-state index contributed by atoms with van der Waals surface area (Å²) in [6.07, 6.45) is 2.23. The first kappa shape index (κ1) is 21.1. The zero-order valence-electron chi connectivity index (χ0n) is 17.3. The quantitative estimate of drug-likeness (QED) is 0.537. The average Bonchev–Trinajstić information content (AvgIpc) is 3.30. The van der Waals surface area contributed by atoms with Gasteiger partial charge in [0.05, 0.1) is 19.3 Å². The Morgan fingerprint density at radius 2 is 2.10 bits per heavy atom. The Morgan fingerprint density at radius 3 is 2.90 bits per heavy atom. The van der Waals surface area contributed by atoms with Gasteiger partial charge in [-0.25, -0.2) is 9.97 Å². The second kappa shape index (κ2) is 10.2. The molecule has 1 N–H and O–H groups in total. The van der Waals surface area contributed by atoms with Gasteiger partial charge in [0.15, 0.2) is 5.16 Å². The second-order valence-electron chi connectivity index (χ2n) is 7.58. The summed E-state index contributed by atoms with van der Waals surface area (Å²) in [4.78, 5) is 24.0. The lowest BCUT2D eigenvalue weighted by molar-refractivity contribution is 0.0857. The number of amides is 1. The molecule has 2 saturated heterocycles. The third kappa shape index (κ3) is 5.71. The topological polar surface area (TPSA) is 76.6 Å². The van der Waals surface area contributed by atoms with E-state index in [1.54, 1.807) is 11.8 Å². The zero-order chi connectivity index (χ0) is 20.8. The lowest BCUT2D eigenvalue weighted by Crippen LogP contribution is -2.36. The van der Waals surface area contributed by atoms with E-state index in [2.05, 4.69) is 15.2 Å². The standard InChI is InChI=1S/C22H28N4O3S/c1-16-12-20(26-7-10-28-11-8-26)25-22(24-16)30-15-17-4-2-5-18(13-17)21(27)23-14-19-6-3-9-29-19/h2,4-5,12-13,19H,3,6-11,14-15H2,1H3,(H,23,27)/t19-/m0/s1. The van der Waals surface area contributed by atoms with Gasteiger partial charge in [0.25, 0.3) is 5.91 Å². The largest absolute Gasteiger partial charge is 0.378 e. The molecule has 1 atom stereocenters. The molecule has 4 rings (SSSR count).